The molecule has 0 aromatic heterocycles. The smallest absolute Gasteiger partial charge is 0.306 e. The fourth-order valence-electron chi connectivity index (χ4n) is 7.92. The number of ether oxygens (including phenoxy) is 2. The van der Waals surface area contributed by atoms with E-state index < -0.39 is 26.5 Å². The molecule has 2 unspecified atom stereocenters. The fraction of sp³-hybridized carbons (Fsp3) is 0.891. The minimum atomic E-state index is -4.62. The first-order valence-corrected chi connectivity index (χ1v) is 29.0. The van der Waals surface area contributed by atoms with E-state index >= 15 is 0 Å². The molecular weight excluding hydrogens is 834 g/mol. The van der Waals surface area contributed by atoms with Gasteiger partial charge in [-0.15, -0.1) is 0 Å². The van der Waals surface area contributed by atoms with Crippen LogP contribution in [0.2, 0.25) is 0 Å². The molecule has 9 nitrogen and oxygen atoms in total. The van der Waals surface area contributed by atoms with Crippen LogP contribution >= 0.6 is 7.82 Å². The Balaban J connectivity index is 3.89. The van der Waals surface area contributed by atoms with Gasteiger partial charge in [-0.25, -0.2) is 0 Å². The molecule has 0 spiro atoms. The molecular formula is C55H106NO8P. The molecule has 0 saturated heterocycles. The van der Waals surface area contributed by atoms with Crippen molar-refractivity contribution in [2.24, 2.45) is 0 Å². The maximum Gasteiger partial charge on any atom is 0.306 e. The van der Waals surface area contributed by atoms with Crippen molar-refractivity contribution in [3.8, 4) is 0 Å². The number of phosphoric acid groups is 1. The molecule has 2 atom stereocenters. The number of carbonyl (C=O) groups excluding carboxylic acids is 2. The van der Waals surface area contributed by atoms with Crippen LogP contribution in [0.3, 0.4) is 0 Å². The van der Waals surface area contributed by atoms with Gasteiger partial charge in [-0.3, -0.25) is 14.2 Å². The lowest BCUT2D eigenvalue weighted by Gasteiger charge is -2.28. The Morgan fingerprint density at radius 1 is 0.477 bits per heavy atom. The van der Waals surface area contributed by atoms with Gasteiger partial charge in [0.1, 0.15) is 19.8 Å². The van der Waals surface area contributed by atoms with E-state index in [0.29, 0.717) is 17.4 Å². The summed E-state index contributed by atoms with van der Waals surface area (Å²) in [5.41, 5.74) is 0. The molecule has 0 aliphatic rings. The lowest BCUT2D eigenvalue weighted by molar-refractivity contribution is -0.870. The molecule has 0 fully saturated rings. The number of likely N-dealkylation sites (N-methyl/N-ethyl adjacent to an activating group) is 1. The summed E-state index contributed by atoms with van der Waals surface area (Å²) in [5.74, 6) is -0.826. The van der Waals surface area contributed by atoms with E-state index in [9.17, 15) is 19.0 Å². The summed E-state index contributed by atoms with van der Waals surface area (Å²) in [5, 5.41) is 0. The van der Waals surface area contributed by atoms with Gasteiger partial charge in [0.2, 0.25) is 0 Å². The molecule has 0 amide bonds. The van der Waals surface area contributed by atoms with Crippen molar-refractivity contribution in [3.05, 3.63) is 24.3 Å². The Morgan fingerprint density at radius 2 is 0.831 bits per heavy atom. The molecule has 10 heteroatoms. The van der Waals surface area contributed by atoms with Crippen LogP contribution in [-0.4, -0.2) is 70.0 Å². The molecule has 0 saturated carbocycles. The van der Waals surface area contributed by atoms with Gasteiger partial charge >= 0.3 is 11.9 Å². The van der Waals surface area contributed by atoms with Gasteiger partial charge in [0, 0.05) is 12.8 Å². The number of esters is 2. The Hall–Kier alpha value is -1.51. The maximum atomic E-state index is 12.7. The Kier molecular flexibility index (Phi) is 46.4. The number of unbranched alkanes of at least 4 members (excludes halogenated alkanes) is 33. The number of quaternary nitrogens is 1. The van der Waals surface area contributed by atoms with E-state index in [0.717, 1.165) is 38.5 Å². The molecule has 0 aromatic rings. The highest BCUT2D eigenvalue weighted by Gasteiger charge is 2.21. The van der Waals surface area contributed by atoms with Crippen LogP contribution in [0.1, 0.15) is 264 Å². The molecule has 0 heterocycles. The molecule has 0 bridgehead atoms. The third kappa shape index (κ3) is 51.7. The summed E-state index contributed by atoms with van der Waals surface area (Å²) >= 11 is 0. The van der Waals surface area contributed by atoms with E-state index in [1.54, 1.807) is 0 Å². The summed E-state index contributed by atoms with van der Waals surface area (Å²) in [4.78, 5) is 37.5. The summed E-state index contributed by atoms with van der Waals surface area (Å²) in [6.07, 6.45) is 55.5. The topological polar surface area (TPSA) is 111 Å². The van der Waals surface area contributed by atoms with Crippen molar-refractivity contribution in [3.63, 3.8) is 0 Å². The van der Waals surface area contributed by atoms with Crippen molar-refractivity contribution < 1.29 is 42.1 Å². The number of carbonyl (C=O) groups is 2. The summed E-state index contributed by atoms with van der Waals surface area (Å²) in [7, 11) is 1.18. The van der Waals surface area contributed by atoms with Gasteiger partial charge in [-0.2, -0.15) is 0 Å². The highest BCUT2D eigenvalue weighted by molar-refractivity contribution is 7.45. The number of nitrogens with zero attached hydrogens (tertiary/aromatic N) is 1. The molecule has 0 radical (unpaired) electrons. The SMILES string of the molecule is CCCCCCC/C=C\C/C=C\CCCCCCCCCCCCCCCCCCCCCCCC(=O)OC(COC(=O)CCCCCCCCCC)COP(=O)([O-])OCC[N+](C)(C)C. The van der Waals surface area contributed by atoms with Crippen LogP contribution < -0.4 is 4.89 Å². The van der Waals surface area contributed by atoms with Crippen molar-refractivity contribution in [1.29, 1.82) is 0 Å². The maximum absolute atomic E-state index is 12.7. The van der Waals surface area contributed by atoms with Crippen molar-refractivity contribution >= 4 is 19.8 Å². The molecule has 0 aromatic carbocycles. The molecule has 0 aliphatic heterocycles. The first-order valence-electron chi connectivity index (χ1n) is 27.5. The number of hydrogen-bond acceptors (Lipinski definition) is 8. The Labute approximate surface area is 402 Å². The molecule has 65 heavy (non-hydrogen) atoms. The lowest BCUT2D eigenvalue weighted by Crippen LogP contribution is -2.37. The van der Waals surface area contributed by atoms with Gasteiger partial charge < -0.3 is 27.9 Å². The minimum absolute atomic E-state index is 0.0275. The number of hydrogen-bond donors (Lipinski definition) is 0. The van der Waals surface area contributed by atoms with Crippen LogP contribution in [0.5, 0.6) is 0 Å². The van der Waals surface area contributed by atoms with Gasteiger partial charge in [0.25, 0.3) is 7.82 Å². The third-order valence-corrected chi connectivity index (χ3v) is 13.2. The highest BCUT2D eigenvalue weighted by atomic mass is 31.2. The molecule has 0 rings (SSSR count). The third-order valence-electron chi connectivity index (χ3n) is 12.2. The zero-order chi connectivity index (χ0) is 47.8. The average molecular weight is 940 g/mol. The van der Waals surface area contributed by atoms with Crippen molar-refractivity contribution in [2.75, 3.05) is 47.5 Å². The van der Waals surface area contributed by atoms with Crippen LogP contribution in [0.4, 0.5) is 0 Å². The predicted molar refractivity (Wildman–Crippen MR) is 273 cm³/mol. The highest BCUT2D eigenvalue weighted by Crippen LogP contribution is 2.38. The Morgan fingerprint density at radius 3 is 1.22 bits per heavy atom. The molecule has 0 aliphatic carbocycles. The normalized spacial score (nSPS) is 13.5. The van der Waals surface area contributed by atoms with Gasteiger partial charge in [0.05, 0.1) is 27.7 Å². The van der Waals surface area contributed by atoms with Gasteiger partial charge in [-0.1, -0.05) is 231 Å². The second-order valence-electron chi connectivity index (χ2n) is 20.0. The first-order chi connectivity index (χ1) is 31.5. The standard InChI is InChI=1S/C55H106NO8P/c1-6-8-10-12-14-16-17-18-19-20-21-22-23-24-25-26-27-28-29-30-31-32-33-34-35-36-37-38-39-40-42-44-46-48-55(58)64-53(52-63-65(59,60)62-50-49-56(3,4)5)51-61-54(57)47-45-43-41-15-13-11-9-7-2/h17-18,20-21,53H,6-16,19,22-52H2,1-5H3/b18-17-,21-20-. The van der Waals surface area contributed by atoms with Crippen molar-refractivity contribution in [2.45, 2.75) is 270 Å². The summed E-state index contributed by atoms with van der Waals surface area (Å²) < 4.78 is 33.9. The quantitative estimate of drug-likeness (QED) is 0.0195. The van der Waals surface area contributed by atoms with Crippen LogP contribution in [0, 0.1) is 0 Å². The molecule has 384 valence electrons. The monoisotopic (exact) mass is 940 g/mol. The average Bonchev–Trinajstić information content (AvgIpc) is 3.26. The zero-order valence-corrected chi connectivity index (χ0v) is 44.3. The van der Waals surface area contributed by atoms with E-state index in [-0.39, 0.29) is 32.0 Å². The fourth-order valence-corrected chi connectivity index (χ4v) is 8.65. The van der Waals surface area contributed by atoms with Gasteiger partial charge in [0.15, 0.2) is 6.10 Å². The zero-order valence-electron chi connectivity index (χ0n) is 43.5. The number of allylic oxidation sites excluding steroid dienone is 4. The minimum Gasteiger partial charge on any atom is -0.756 e. The lowest BCUT2D eigenvalue weighted by atomic mass is 10.0. The second-order valence-corrected chi connectivity index (χ2v) is 21.4. The number of phosphoric ester groups is 1. The summed E-state index contributed by atoms with van der Waals surface area (Å²) in [6.45, 7) is 4.22. The molecule has 0 N–H and O–H groups in total. The van der Waals surface area contributed by atoms with E-state index in [2.05, 4.69) is 38.2 Å². The van der Waals surface area contributed by atoms with E-state index in [1.807, 2.05) is 21.1 Å². The van der Waals surface area contributed by atoms with Crippen molar-refractivity contribution in [1.82, 2.24) is 0 Å². The summed E-state index contributed by atoms with van der Waals surface area (Å²) in [6, 6.07) is 0. The van der Waals surface area contributed by atoms with Gasteiger partial charge in [-0.05, 0) is 44.9 Å². The van der Waals surface area contributed by atoms with E-state index in [4.69, 9.17) is 18.5 Å². The number of rotatable bonds is 51. The first kappa shape index (κ1) is 63.5. The van der Waals surface area contributed by atoms with Crippen LogP contribution in [0.25, 0.3) is 0 Å². The van der Waals surface area contributed by atoms with Crippen LogP contribution in [-0.2, 0) is 32.7 Å². The van der Waals surface area contributed by atoms with Crippen LogP contribution in [0.15, 0.2) is 24.3 Å². The predicted octanol–water partition coefficient (Wildman–Crippen LogP) is 16.0. The van der Waals surface area contributed by atoms with E-state index in [1.165, 1.54) is 193 Å². The largest absolute Gasteiger partial charge is 0.756 e. The second kappa shape index (κ2) is 47.6. The Bertz CT molecular complexity index is 1150.